The molecule has 0 amide bonds. The first-order valence-electron chi connectivity index (χ1n) is 6.41. The number of para-hydroxylation sites is 1. The zero-order valence-electron chi connectivity index (χ0n) is 10.2. The lowest BCUT2D eigenvalue weighted by atomic mass is 9.81. The second-order valence-corrected chi connectivity index (χ2v) is 5.02. The summed E-state index contributed by atoms with van der Waals surface area (Å²) in [7, 11) is 0. The van der Waals surface area contributed by atoms with Gasteiger partial charge in [-0.3, -0.25) is 0 Å². The molecule has 2 unspecified atom stereocenters. The van der Waals surface area contributed by atoms with E-state index in [1.165, 1.54) is 0 Å². The Morgan fingerprint density at radius 1 is 1.11 bits per heavy atom. The molecule has 18 heavy (non-hydrogen) atoms. The number of alkyl halides is 3. The number of hydrogen-bond donors (Lipinski definition) is 1. The van der Waals surface area contributed by atoms with Gasteiger partial charge in [-0.1, -0.05) is 24.6 Å². The van der Waals surface area contributed by atoms with Crippen LogP contribution in [0.3, 0.4) is 0 Å². The minimum atomic E-state index is -4.02. The van der Waals surface area contributed by atoms with Crippen LogP contribution in [0.25, 0.3) is 0 Å². The standard InChI is InChI=1S/C14H18F3N/c15-14(16,17)12-6-4-5-11(9-12)10-18-13-7-2-1-3-8-13/h1-3,7-8,11-12,18H,4-6,9-10H2. The maximum absolute atomic E-state index is 12.7. The lowest BCUT2D eigenvalue weighted by molar-refractivity contribution is -0.185. The van der Waals surface area contributed by atoms with Gasteiger partial charge in [0.2, 0.25) is 0 Å². The largest absolute Gasteiger partial charge is 0.391 e. The molecular formula is C14H18F3N. The molecule has 0 saturated heterocycles. The third-order valence-electron chi connectivity index (χ3n) is 3.61. The van der Waals surface area contributed by atoms with Crippen LogP contribution in [0.15, 0.2) is 30.3 Å². The lowest BCUT2D eigenvalue weighted by Gasteiger charge is -2.30. The fraction of sp³-hybridized carbons (Fsp3) is 0.571. The molecule has 0 aliphatic heterocycles. The molecule has 0 radical (unpaired) electrons. The summed E-state index contributed by atoms with van der Waals surface area (Å²) in [6, 6.07) is 9.63. The van der Waals surface area contributed by atoms with Gasteiger partial charge in [0.1, 0.15) is 0 Å². The van der Waals surface area contributed by atoms with E-state index in [1.54, 1.807) is 0 Å². The number of nitrogens with one attached hydrogen (secondary N) is 1. The predicted octanol–water partition coefficient (Wildman–Crippen LogP) is 4.47. The second kappa shape index (κ2) is 5.63. The Labute approximate surface area is 105 Å². The van der Waals surface area contributed by atoms with Crippen molar-refractivity contribution in [3.63, 3.8) is 0 Å². The Morgan fingerprint density at radius 3 is 2.50 bits per heavy atom. The van der Waals surface area contributed by atoms with Crippen molar-refractivity contribution in [1.29, 1.82) is 0 Å². The van der Waals surface area contributed by atoms with Crippen molar-refractivity contribution in [2.24, 2.45) is 11.8 Å². The predicted molar refractivity (Wildman–Crippen MR) is 66.4 cm³/mol. The summed E-state index contributed by atoms with van der Waals surface area (Å²) in [6.07, 6.45) is -1.88. The molecule has 1 N–H and O–H groups in total. The zero-order valence-corrected chi connectivity index (χ0v) is 10.2. The molecule has 4 heteroatoms. The summed E-state index contributed by atoms with van der Waals surface area (Å²) in [4.78, 5) is 0. The maximum atomic E-state index is 12.7. The van der Waals surface area contributed by atoms with Crippen LogP contribution in [0.4, 0.5) is 18.9 Å². The molecular weight excluding hydrogens is 239 g/mol. The Morgan fingerprint density at radius 2 is 1.83 bits per heavy atom. The first kappa shape index (κ1) is 13.2. The highest BCUT2D eigenvalue weighted by molar-refractivity contribution is 5.42. The van der Waals surface area contributed by atoms with Gasteiger partial charge in [0, 0.05) is 12.2 Å². The highest BCUT2D eigenvalue weighted by Gasteiger charge is 2.41. The van der Waals surface area contributed by atoms with E-state index in [9.17, 15) is 13.2 Å². The van der Waals surface area contributed by atoms with Gasteiger partial charge in [-0.05, 0) is 37.3 Å². The summed E-state index contributed by atoms with van der Waals surface area (Å²) in [5, 5.41) is 3.22. The van der Waals surface area contributed by atoms with E-state index >= 15 is 0 Å². The van der Waals surface area contributed by atoms with Crippen LogP contribution in [0.2, 0.25) is 0 Å². The topological polar surface area (TPSA) is 12.0 Å². The average Bonchev–Trinajstić information content (AvgIpc) is 2.37. The van der Waals surface area contributed by atoms with Gasteiger partial charge < -0.3 is 5.32 Å². The van der Waals surface area contributed by atoms with Gasteiger partial charge in [0.05, 0.1) is 5.92 Å². The molecule has 1 fully saturated rings. The summed E-state index contributed by atoms with van der Waals surface area (Å²) in [6.45, 7) is 0.636. The molecule has 0 aromatic heterocycles. The molecule has 1 nitrogen and oxygen atoms in total. The molecule has 2 rings (SSSR count). The molecule has 1 saturated carbocycles. The van der Waals surface area contributed by atoms with Gasteiger partial charge in [0.15, 0.2) is 0 Å². The van der Waals surface area contributed by atoms with Crippen molar-refractivity contribution < 1.29 is 13.2 Å². The van der Waals surface area contributed by atoms with Crippen molar-refractivity contribution in [3.05, 3.63) is 30.3 Å². The van der Waals surface area contributed by atoms with Crippen LogP contribution < -0.4 is 5.32 Å². The van der Waals surface area contributed by atoms with E-state index in [4.69, 9.17) is 0 Å². The van der Waals surface area contributed by atoms with Crippen LogP contribution in [-0.2, 0) is 0 Å². The van der Waals surface area contributed by atoms with Gasteiger partial charge in [0.25, 0.3) is 0 Å². The van der Waals surface area contributed by atoms with Crippen LogP contribution in [-0.4, -0.2) is 12.7 Å². The highest BCUT2D eigenvalue weighted by Crippen LogP contribution is 2.39. The zero-order chi connectivity index (χ0) is 13.0. The second-order valence-electron chi connectivity index (χ2n) is 5.02. The molecule has 2 atom stereocenters. The fourth-order valence-electron chi connectivity index (χ4n) is 2.59. The molecule has 0 heterocycles. The van der Waals surface area contributed by atoms with Gasteiger partial charge >= 0.3 is 6.18 Å². The molecule has 0 spiro atoms. The van der Waals surface area contributed by atoms with Crippen LogP contribution in [0.5, 0.6) is 0 Å². The van der Waals surface area contributed by atoms with E-state index in [2.05, 4.69) is 5.32 Å². The Kier molecular flexibility index (Phi) is 4.15. The first-order valence-corrected chi connectivity index (χ1v) is 6.41. The Bertz CT molecular complexity index is 361. The normalized spacial score (nSPS) is 24.8. The molecule has 1 aliphatic carbocycles. The monoisotopic (exact) mass is 257 g/mol. The van der Waals surface area contributed by atoms with E-state index in [1.807, 2.05) is 30.3 Å². The van der Waals surface area contributed by atoms with Crippen LogP contribution in [0.1, 0.15) is 25.7 Å². The molecule has 100 valence electrons. The lowest BCUT2D eigenvalue weighted by Crippen LogP contribution is -2.31. The van der Waals surface area contributed by atoms with Crippen molar-refractivity contribution >= 4 is 5.69 Å². The van der Waals surface area contributed by atoms with Crippen molar-refractivity contribution in [2.45, 2.75) is 31.9 Å². The SMILES string of the molecule is FC(F)(F)C1CCCC(CNc2ccccc2)C1. The van der Waals surface area contributed by atoms with E-state index in [0.717, 1.165) is 12.1 Å². The number of rotatable bonds is 3. The Hall–Kier alpha value is -1.19. The summed E-state index contributed by atoms with van der Waals surface area (Å²) < 4.78 is 38.0. The van der Waals surface area contributed by atoms with Gasteiger partial charge in [-0.15, -0.1) is 0 Å². The van der Waals surface area contributed by atoms with Crippen molar-refractivity contribution in [3.8, 4) is 0 Å². The third-order valence-corrected chi connectivity index (χ3v) is 3.61. The average molecular weight is 257 g/mol. The molecule has 1 aromatic carbocycles. The third kappa shape index (κ3) is 3.65. The molecule has 1 aliphatic rings. The van der Waals surface area contributed by atoms with Gasteiger partial charge in [-0.2, -0.15) is 13.2 Å². The van der Waals surface area contributed by atoms with Crippen LogP contribution >= 0.6 is 0 Å². The fourth-order valence-corrected chi connectivity index (χ4v) is 2.59. The first-order chi connectivity index (χ1) is 8.55. The highest BCUT2D eigenvalue weighted by atomic mass is 19.4. The van der Waals surface area contributed by atoms with Crippen LogP contribution in [0, 0.1) is 11.8 Å². The van der Waals surface area contributed by atoms with E-state index in [0.29, 0.717) is 19.4 Å². The molecule has 0 bridgehead atoms. The van der Waals surface area contributed by atoms with Gasteiger partial charge in [-0.25, -0.2) is 0 Å². The summed E-state index contributed by atoms with van der Waals surface area (Å²) >= 11 is 0. The van der Waals surface area contributed by atoms with E-state index in [-0.39, 0.29) is 12.3 Å². The number of anilines is 1. The maximum Gasteiger partial charge on any atom is 0.391 e. The summed E-state index contributed by atoms with van der Waals surface area (Å²) in [5.41, 5.74) is 0.978. The van der Waals surface area contributed by atoms with Crippen molar-refractivity contribution in [2.75, 3.05) is 11.9 Å². The summed E-state index contributed by atoms with van der Waals surface area (Å²) in [5.74, 6) is -0.973. The molecule has 1 aromatic rings. The minimum absolute atomic E-state index is 0.130. The number of halogens is 3. The van der Waals surface area contributed by atoms with Crippen molar-refractivity contribution in [1.82, 2.24) is 0 Å². The van der Waals surface area contributed by atoms with E-state index < -0.39 is 12.1 Å². The number of benzene rings is 1. The Balaban J connectivity index is 1.83. The minimum Gasteiger partial charge on any atom is -0.385 e. The smallest absolute Gasteiger partial charge is 0.385 e. The quantitative estimate of drug-likeness (QED) is 0.842. The number of hydrogen-bond acceptors (Lipinski definition) is 1.